The number of rotatable bonds is 29. The molecule has 36 nitrogen and oxygen atoms in total. The Balaban J connectivity index is 0.000000127. The number of primary amides is 1. The predicted octanol–water partition coefficient (Wildman–Crippen LogP) is 17.4. The van der Waals surface area contributed by atoms with E-state index in [0.717, 1.165) is 127 Å². The zero-order valence-corrected chi connectivity index (χ0v) is 86.5. The number of nitrogens with two attached hydrogens (primary N) is 1. The third-order valence-corrected chi connectivity index (χ3v) is 30.6. The van der Waals surface area contributed by atoms with Crippen LogP contribution < -0.4 is 32.3 Å². The van der Waals surface area contributed by atoms with E-state index < -0.39 is 17.3 Å². The van der Waals surface area contributed by atoms with Gasteiger partial charge in [-0.25, -0.2) is 49.8 Å². The Labute approximate surface area is 879 Å². The van der Waals surface area contributed by atoms with E-state index in [1.165, 1.54) is 38.6 Å². The number of halogens is 4. The minimum Gasteiger partial charge on any atom is -0.387 e. The number of nitrogens with one attached hydrogen (secondary N) is 10. The van der Waals surface area contributed by atoms with Crippen LogP contribution in [-0.2, 0) is 23.8 Å². The van der Waals surface area contributed by atoms with Gasteiger partial charge in [0, 0.05) is 148 Å². The first kappa shape index (κ1) is 107. The molecule has 1 aliphatic heterocycles. The van der Waals surface area contributed by atoms with E-state index in [4.69, 9.17) is 66.3 Å². The molecule has 2 amide bonds. The van der Waals surface area contributed by atoms with E-state index in [1.54, 1.807) is 149 Å². The number of aromatic amines is 5. The van der Waals surface area contributed by atoms with Crippen LogP contribution in [0.2, 0.25) is 20.1 Å². The number of hydrogen-bond donors (Lipinski definition) is 14. The average Bonchev–Trinajstić information content (AvgIpc) is 1.65. The van der Waals surface area contributed by atoms with E-state index in [1.807, 2.05) is 43.3 Å². The number of benzene rings is 5. The smallest absolute Gasteiger partial charge is 0.251 e. The second-order valence-electron chi connectivity index (χ2n) is 39.1. The van der Waals surface area contributed by atoms with Gasteiger partial charge in [-0.15, -0.1) is 0 Å². The highest BCUT2D eigenvalue weighted by molar-refractivity contribution is 6.38. The predicted molar refractivity (Wildman–Crippen MR) is 574 cm³/mol. The molecular formula is C109H121Cl4N23O13. The Morgan fingerprint density at radius 1 is 0.396 bits per heavy atom. The number of ketones is 5. The van der Waals surface area contributed by atoms with Crippen LogP contribution in [0.1, 0.15) is 221 Å². The van der Waals surface area contributed by atoms with Crippen LogP contribution >= 0.6 is 46.4 Å². The lowest BCUT2D eigenvalue weighted by molar-refractivity contribution is -0.140. The van der Waals surface area contributed by atoms with Gasteiger partial charge >= 0.3 is 0 Å². The Morgan fingerprint density at radius 3 is 0.940 bits per heavy atom. The molecule has 5 aliphatic carbocycles. The SMILES string of the molecule is COC1CN(C2CCC(Nc3ncnc4[nH]cc(C(=O)c5ccccc5Cl)c34)CC2)C1.COCC1(O)CCC(Nc2ncnc3[nH]cc(C(=O)c4ccccc4Cl)c23)CC1.COCC1(O)CCC(Nc2ncnc3[nH]cc(C(=O)c4ccccc4Cl)c23)CC1.C[C@H](O)C(=O)N(C)C1CCC(Nc2ncnc3[nH]cc(C(=O)c4ccccc4Cl)c23)CC1.Cc1ccccc1C(=O)c1c[nH]c2ncnc(NC3CCC(C(N)=O)CC3)c12. The Bertz CT molecular complexity index is 7130. The third-order valence-electron chi connectivity index (χ3n) is 29.3. The van der Waals surface area contributed by atoms with Crippen LogP contribution in [0.4, 0.5) is 29.1 Å². The molecule has 6 fully saturated rings. The standard InChI is InChI=1S/C23H26ClN5O3.C23H26ClN5O2.2C21H23ClN4O3.C21H23N5O2/c1-13(30)23(32)29(2)15-9-7-14(8-10-15)28-22-19-17(11-25-21(19)26-12-27-22)20(31)16-5-3-4-6-18(16)24;1-31-16-11-29(12-16)15-8-6-14(7-9-15)28-23-20-18(10-25-22(20)26-13-27-23)21(30)17-4-2-3-5-19(17)24;2*1-29-11-21(28)8-6-13(7-9-21)26-20-17-15(10-23-19(17)24-12-25-20)18(27)14-4-2-3-5-16(14)22;1-12-4-2-3-5-15(12)18(27)16-10-23-20-17(16)21(25-11-24-20)26-14-8-6-13(7-9-14)19(22)28/h3-6,11-15,30H,7-10H2,1-2H3,(H2,25,26,27,28);2-5,10,13-16H,6-9,11-12H2,1H3,(H2,25,26,27,28);2*2-5,10,12-13,28H,6-9,11H2,1H3,(H2,23,24,25,26);2-5,10-11,13-14H,6-9H2,1H3,(H2,22,28)(H2,23,24,25,26)/t13-,14?,15?;;;;/m0..../s1. The number of nitrogens with zero attached hydrogens (tertiary/aromatic N) is 12. The van der Waals surface area contributed by atoms with Crippen molar-refractivity contribution in [3.05, 3.63) is 265 Å². The van der Waals surface area contributed by atoms with E-state index in [2.05, 4.69) is 106 Å². The number of ether oxygens (including phenoxy) is 3. The summed E-state index contributed by atoms with van der Waals surface area (Å²) in [6, 6.07) is 37.2. The zero-order valence-electron chi connectivity index (χ0n) is 83.4. The van der Waals surface area contributed by atoms with Crippen molar-refractivity contribution < 1.29 is 63.1 Å². The molecule has 0 bridgehead atoms. The summed E-state index contributed by atoms with van der Waals surface area (Å²) in [4.78, 5) is 152. The molecule has 149 heavy (non-hydrogen) atoms. The van der Waals surface area contributed by atoms with E-state index >= 15 is 0 Å². The van der Waals surface area contributed by atoms with E-state index in [9.17, 15) is 48.9 Å². The highest BCUT2D eigenvalue weighted by atomic mass is 35.5. The zero-order chi connectivity index (χ0) is 105. The largest absolute Gasteiger partial charge is 0.387 e. The lowest BCUT2D eigenvalue weighted by atomic mass is 9.82. The molecule has 1 saturated heterocycles. The maximum atomic E-state index is 13.2. The fraction of sp³-hybridized carbons (Fsp3) is 0.385. The van der Waals surface area contributed by atoms with Crippen molar-refractivity contribution in [1.29, 1.82) is 0 Å². The van der Waals surface area contributed by atoms with Gasteiger partial charge in [0.05, 0.1) is 105 Å². The molecule has 0 unspecified atom stereocenters. The van der Waals surface area contributed by atoms with Crippen LogP contribution in [0, 0.1) is 12.8 Å². The number of aromatic nitrogens is 15. The van der Waals surface area contributed by atoms with Crippen LogP contribution in [0.15, 0.2) is 184 Å². The monoisotopic (exact) mass is 2100 g/mol. The molecule has 0 radical (unpaired) electrons. The number of hydrogen-bond acceptors (Lipinski definition) is 29. The number of aliphatic hydroxyl groups excluding tert-OH is 1. The number of carbonyl (C=O) groups excluding carboxylic acids is 7. The molecule has 40 heteroatoms. The van der Waals surface area contributed by atoms with Gasteiger partial charge in [0.25, 0.3) is 5.91 Å². The third kappa shape index (κ3) is 24.8. The first-order valence-electron chi connectivity index (χ1n) is 50.2. The van der Waals surface area contributed by atoms with E-state index in [0.29, 0.717) is 212 Å². The molecule has 21 rings (SSSR count). The fourth-order valence-electron chi connectivity index (χ4n) is 20.9. The first-order chi connectivity index (χ1) is 72.1. The number of H-pyrrole nitrogens is 5. The Hall–Kier alpha value is -13.6. The van der Waals surface area contributed by atoms with Crippen molar-refractivity contribution in [3.8, 4) is 0 Å². The number of carbonyl (C=O) groups is 7. The average molecular weight is 2100 g/mol. The summed E-state index contributed by atoms with van der Waals surface area (Å²) in [7, 11) is 6.73. The van der Waals surface area contributed by atoms with Crippen molar-refractivity contribution in [2.45, 2.75) is 208 Å². The first-order valence-corrected chi connectivity index (χ1v) is 51.7. The molecule has 1 atom stereocenters. The minimum atomic E-state index is -0.993. The summed E-state index contributed by atoms with van der Waals surface area (Å²) in [6.07, 6.45) is 31.8. The number of anilines is 5. The second kappa shape index (κ2) is 48.3. The summed E-state index contributed by atoms with van der Waals surface area (Å²) < 4.78 is 15.7. The van der Waals surface area contributed by atoms with Gasteiger partial charge in [-0.05, 0) is 196 Å². The second-order valence-corrected chi connectivity index (χ2v) is 40.7. The fourth-order valence-corrected chi connectivity index (χ4v) is 21.8. The van der Waals surface area contributed by atoms with Crippen molar-refractivity contribution in [2.24, 2.45) is 11.7 Å². The quantitative estimate of drug-likeness (QED) is 0.0194. The summed E-state index contributed by atoms with van der Waals surface area (Å²) >= 11 is 25.0. The van der Waals surface area contributed by atoms with Gasteiger partial charge in [0.2, 0.25) is 5.91 Å². The van der Waals surface area contributed by atoms with Crippen molar-refractivity contribution >= 4 is 171 Å². The van der Waals surface area contributed by atoms with Crippen molar-refractivity contribution in [3.63, 3.8) is 0 Å². The summed E-state index contributed by atoms with van der Waals surface area (Å²) in [5, 5.41) is 53.0. The van der Waals surface area contributed by atoms with Crippen molar-refractivity contribution in [2.75, 3.05) is 81.3 Å². The highest BCUT2D eigenvalue weighted by Crippen LogP contribution is 2.41. The van der Waals surface area contributed by atoms with Gasteiger partial charge in [-0.3, -0.25) is 38.5 Å². The van der Waals surface area contributed by atoms with Gasteiger partial charge in [0.1, 0.15) is 95.1 Å². The molecule has 5 saturated carbocycles. The van der Waals surface area contributed by atoms with Crippen molar-refractivity contribution in [1.82, 2.24) is 84.6 Å². The number of fused-ring (bicyclic) bond motifs is 5. The normalized spacial score (nSPS) is 21.1. The van der Waals surface area contributed by atoms with Crippen LogP contribution in [-0.4, -0.2) is 261 Å². The summed E-state index contributed by atoms with van der Waals surface area (Å²) in [5.74, 6) is 1.88. The number of aryl methyl sites for hydroxylation is 1. The highest BCUT2D eigenvalue weighted by Gasteiger charge is 2.40. The molecular weight excluding hydrogens is 1980 g/mol. The summed E-state index contributed by atoms with van der Waals surface area (Å²) in [5.41, 5.74) is 12.8. The van der Waals surface area contributed by atoms with Gasteiger partial charge in [-0.1, -0.05) is 119 Å². The van der Waals surface area contributed by atoms with Crippen LogP contribution in [0.5, 0.6) is 0 Å². The number of amides is 2. The van der Waals surface area contributed by atoms with Gasteiger partial charge < -0.3 is 91.7 Å². The van der Waals surface area contributed by atoms with Gasteiger partial charge in [-0.2, -0.15) is 0 Å². The van der Waals surface area contributed by atoms with Crippen LogP contribution in [0.3, 0.4) is 0 Å². The lowest BCUT2D eigenvalue weighted by Crippen LogP contribution is -2.57. The maximum Gasteiger partial charge on any atom is 0.251 e. The van der Waals surface area contributed by atoms with E-state index in [-0.39, 0.29) is 76.9 Å². The molecule has 11 heterocycles. The molecule has 15 N–H and O–H groups in total. The number of likely N-dealkylation sites (N-methyl/N-ethyl adjacent to an activating group) is 1. The molecule has 10 aromatic heterocycles. The topological polar surface area (TPSA) is 508 Å². The molecule has 778 valence electrons. The Morgan fingerprint density at radius 2 is 0.664 bits per heavy atom. The number of aliphatic hydroxyl groups is 3. The minimum absolute atomic E-state index is 0.0473. The molecule has 6 aliphatic rings. The number of likely N-dealkylation sites (tertiary alicyclic amines) is 1. The van der Waals surface area contributed by atoms with Crippen LogP contribution in [0.25, 0.3) is 55.2 Å². The molecule has 15 aromatic rings. The molecule has 5 aromatic carbocycles. The Kier molecular flexibility index (Phi) is 34.6. The maximum absolute atomic E-state index is 13.2. The van der Waals surface area contributed by atoms with Gasteiger partial charge in [0.15, 0.2) is 28.9 Å². The summed E-state index contributed by atoms with van der Waals surface area (Å²) in [6.45, 7) is 6.18. The lowest BCUT2D eigenvalue weighted by Gasteiger charge is -2.46. The number of methoxy groups -OCH3 is 3. The molecule has 0 spiro atoms.